The average molecular weight is 226 g/mol. The van der Waals surface area contributed by atoms with Crippen LogP contribution >= 0.6 is 0 Å². The number of nitrogens with zero attached hydrogens (tertiary/aromatic N) is 2. The summed E-state index contributed by atoms with van der Waals surface area (Å²) in [7, 11) is -2.46. The van der Waals surface area contributed by atoms with Gasteiger partial charge in [0.25, 0.3) is 15.9 Å². The van der Waals surface area contributed by atoms with Crippen LogP contribution < -0.4 is 0 Å². The number of carbonyl (C=O) groups is 1. The van der Waals surface area contributed by atoms with Crippen molar-refractivity contribution in [2.45, 2.75) is 18.9 Å². The minimum absolute atomic E-state index is 0.118. The summed E-state index contributed by atoms with van der Waals surface area (Å²) in [6.45, 7) is 3.41. The van der Waals surface area contributed by atoms with Gasteiger partial charge in [-0.3, -0.25) is 4.79 Å². The van der Waals surface area contributed by atoms with E-state index in [1.807, 2.05) is 0 Å². The normalized spacial score (nSPS) is 18.1. The first-order valence-corrected chi connectivity index (χ1v) is 5.81. The molecule has 0 N–H and O–H groups in total. The van der Waals surface area contributed by atoms with E-state index in [4.69, 9.17) is 0 Å². The second-order valence-electron chi connectivity index (χ2n) is 3.54. The summed E-state index contributed by atoms with van der Waals surface area (Å²) in [6, 6.07) is 1.70. The Balaban J connectivity index is 2.90. The molecule has 0 radical (unpaired) electrons. The van der Waals surface area contributed by atoms with Gasteiger partial charge in [-0.15, -0.1) is 0 Å². The molecule has 0 fully saturated rings. The van der Waals surface area contributed by atoms with Crippen LogP contribution in [-0.4, -0.2) is 30.7 Å². The number of carbonyl (C=O) groups excluding carboxylic acids is 1. The molecule has 0 aliphatic carbocycles. The summed E-state index contributed by atoms with van der Waals surface area (Å²) < 4.78 is 24.2. The average Bonchev–Trinajstić information content (AvgIpc) is 2.28. The third-order valence-corrected chi connectivity index (χ3v) is 4.09. The van der Waals surface area contributed by atoms with Gasteiger partial charge in [-0.25, -0.2) is 9.29 Å². The number of rotatable bonds is 0. The van der Waals surface area contributed by atoms with Gasteiger partial charge in [-0.2, -0.15) is 8.42 Å². The highest BCUT2D eigenvalue weighted by atomic mass is 32.2. The molecule has 1 aliphatic heterocycles. The van der Waals surface area contributed by atoms with Crippen molar-refractivity contribution in [3.8, 4) is 0 Å². The monoisotopic (exact) mass is 226 g/mol. The molecule has 0 saturated heterocycles. The van der Waals surface area contributed by atoms with Crippen molar-refractivity contribution in [2.75, 3.05) is 7.05 Å². The Morgan fingerprint density at radius 3 is 2.53 bits per heavy atom. The zero-order valence-corrected chi connectivity index (χ0v) is 9.42. The zero-order chi connectivity index (χ0) is 11.4. The summed E-state index contributed by atoms with van der Waals surface area (Å²) >= 11 is 0. The van der Waals surface area contributed by atoms with Gasteiger partial charge in [0.15, 0.2) is 5.03 Å². The maximum atomic E-state index is 11.7. The summed E-state index contributed by atoms with van der Waals surface area (Å²) in [5.41, 5.74) is 1.44. The van der Waals surface area contributed by atoms with E-state index in [2.05, 4.69) is 4.98 Å². The Morgan fingerprint density at radius 1 is 1.33 bits per heavy atom. The Kier molecular flexibility index (Phi) is 1.88. The number of hydrogen-bond acceptors (Lipinski definition) is 4. The van der Waals surface area contributed by atoms with Crippen LogP contribution in [0.3, 0.4) is 0 Å². The molecule has 1 aliphatic rings. The summed E-state index contributed by atoms with van der Waals surface area (Å²) in [6.07, 6.45) is 0. The van der Waals surface area contributed by atoms with E-state index in [1.54, 1.807) is 19.9 Å². The number of aryl methyl sites for hydroxylation is 2. The van der Waals surface area contributed by atoms with Gasteiger partial charge in [0.1, 0.15) is 0 Å². The van der Waals surface area contributed by atoms with Gasteiger partial charge in [-0.1, -0.05) is 0 Å². The highest BCUT2D eigenvalue weighted by molar-refractivity contribution is 7.90. The molecule has 15 heavy (non-hydrogen) atoms. The molecule has 5 nitrogen and oxygen atoms in total. The molecule has 80 valence electrons. The fourth-order valence-corrected chi connectivity index (χ4v) is 2.98. The van der Waals surface area contributed by atoms with E-state index >= 15 is 0 Å². The maximum absolute atomic E-state index is 11.7. The molecule has 0 atom stereocenters. The van der Waals surface area contributed by atoms with Crippen LogP contribution in [0.5, 0.6) is 0 Å². The lowest BCUT2D eigenvalue weighted by molar-refractivity contribution is 0.0891. The van der Waals surface area contributed by atoms with E-state index < -0.39 is 15.9 Å². The minimum atomic E-state index is -3.71. The lowest BCUT2D eigenvalue weighted by Crippen LogP contribution is -2.25. The van der Waals surface area contributed by atoms with Crippen LogP contribution in [0.2, 0.25) is 0 Å². The van der Waals surface area contributed by atoms with Crippen molar-refractivity contribution in [1.82, 2.24) is 9.29 Å². The minimum Gasteiger partial charge on any atom is -0.268 e. The van der Waals surface area contributed by atoms with Crippen LogP contribution in [0.25, 0.3) is 0 Å². The molecule has 2 heterocycles. The van der Waals surface area contributed by atoms with E-state index in [1.165, 1.54) is 7.05 Å². The van der Waals surface area contributed by atoms with E-state index in [0.717, 1.165) is 4.31 Å². The molecule has 1 aromatic rings. The molecule has 0 saturated carbocycles. The second kappa shape index (κ2) is 2.79. The van der Waals surface area contributed by atoms with Crippen molar-refractivity contribution >= 4 is 15.9 Å². The smallest absolute Gasteiger partial charge is 0.268 e. The third kappa shape index (κ3) is 1.18. The Labute approximate surface area is 87.8 Å². The van der Waals surface area contributed by atoms with Gasteiger partial charge in [-0.05, 0) is 25.5 Å². The second-order valence-corrected chi connectivity index (χ2v) is 5.42. The van der Waals surface area contributed by atoms with Crippen LogP contribution in [-0.2, 0) is 10.0 Å². The number of hydrogen-bond donors (Lipinski definition) is 0. The van der Waals surface area contributed by atoms with Gasteiger partial charge >= 0.3 is 0 Å². The first-order chi connectivity index (χ1) is 6.85. The first-order valence-electron chi connectivity index (χ1n) is 4.37. The summed E-state index contributed by atoms with van der Waals surface area (Å²) in [5, 5.41) is -0.118. The highest BCUT2D eigenvalue weighted by Crippen LogP contribution is 2.29. The van der Waals surface area contributed by atoms with Crippen molar-refractivity contribution in [2.24, 2.45) is 0 Å². The van der Waals surface area contributed by atoms with Crippen LogP contribution in [0.15, 0.2) is 11.1 Å². The molecule has 6 heteroatoms. The first kappa shape index (κ1) is 10.1. The molecule has 2 rings (SSSR count). The Hall–Kier alpha value is -1.43. The van der Waals surface area contributed by atoms with Crippen molar-refractivity contribution < 1.29 is 13.2 Å². The Bertz CT molecular complexity index is 563. The molecular weight excluding hydrogens is 216 g/mol. The van der Waals surface area contributed by atoms with Gasteiger partial charge in [0.05, 0.1) is 5.56 Å². The molecule has 0 bridgehead atoms. The largest absolute Gasteiger partial charge is 0.284 e. The highest BCUT2D eigenvalue weighted by Gasteiger charge is 2.41. The molecule has 0 spiro atoms. The summed E-state index contributed by atoms with van der Waals surface area (Å²) in [4.78, 5) is 15.6. The SMILES string of the molecule is Cc1cc(C)c2c(n1)S(=O)(=O)N(C)C2=O. The number of fused-ring (bicyclic) bond motifs is 1. The summed E-state index contributed by atoms with van der Waals surface area (Å²) in [5.74, 6) is -0.505. The number of sulfonamides is 1. The third-order valence-electron chi connectivity index (χ3n) is 2.42. The lowest BCUT2D eigenvalue weighted by atomic mass is 10.1. The molecular formula is C9H10N2O3S. The number of aromatic nitrogens is 1. The van der Waals surface area contributed by atoms with Crippen molar-refractivity contribution in [3.63, 3.8) is 0 Å². The fraction of sp³-hybridized carbons (Fsp3) is 0.333. The number of pyridine rings is 1. The topological polar surface area (TPSA) is 67.3 Å². The van der Waals surface area contributed by atoms with E-state index in [-0.39, 0.29) is 10.6 Å². The molecule has 0 aromatic carbocycles. The van der Waals surface area contributed by atoms with Gasteiger partial charge < -0.3 is 0 Å². The van der Waals surface area contributed by atoms with Crippen molar-refractivity contribution in [3.05, 3.63) is 22.9 Å². The molecule has 0 unspecified atom stereocenters. The predicted molar refractivity (Wildman–Crippen MR) is 53.0 cm³/mol. The molecule has 1 aromatic heterocycles. The quantitative estimate of drug-likeness (QED) is 0.645. The Morgan fingerprint density at radius 2 is 1.93 bits per heavy atom. The standard InChI is InChI=1S/C9H10N2O3S/c1-5-4-6(2)10-8-7(5)9(12)11(3)15(8,13)14/h4H,1-3H3. The van der Waals surface area contributed by atoms with Crippen molar-refractivity contribution in [1.29, 1.82) is 0 Å². The predicted octanol–water partition coefficient (Wildman–Crippen LogP) is 0.473. The van der Waals surface area contributed by atoms with Crippen LogP contribution in [0, 0.1) is 13.8 Å². The van der Waals surface area contributed by atoms with Crippen LogP contribution in [0.4, 0.5) is 0 Å². The fourth-order valence-electron chi connectivity index (χ4n) is 1.65. The maximum Gasteiger partial charge on any atom is 0.284 e. The van der Waals surface area contributed by atoms with E-state index in [9.17, 15) is 13.2 Å². The number of amides is 1. The van der Waals surface area contributed by atoms with E-state index in [0.29, 0.717) is 11.3 Å². The zero-order valence-electron chi connectivity index (χ0n) is 8.60. The van der Waals surface area contributed by atoms with Gasteiger partial charge in [0, 0.05) is 12.7 Å². The van der Waals surface area contributed by atoms with Crippen LogP contribution in [0.1, 0.15) is 21.6 Å². The van der Waals surface area contributed by atoms with Gasteiger partial charge in [0.2, 0.25) is 0 Å². The molecule has 1 amide bonds. The lowest BCUT2D eigenvalue weighted by Gasteiger charge is -2.05.